The molecule has 0 aromatic heterocycles. The van der Waals surface area contributed by atoms with Crippen molar-refractivity contribution in [2.45, 2.75) is 77.6 Å². The molecule has 0 spiro atoms. The Hall–Kier alpha value is -2.70. The largest absolute Gasteiger partial charge is 0.497 e. The summed E-state index contributed by atoms with van der Waals surface area (Å²) in [7, 11) is 1.63. The normalized spacial score (nSPS) is 17.9. The smallest absolute Gasteiger partial charge is 0.410 e. The maximum atomic E-state index is 14.5. The van der Waals surface area contributed by atoms with Crippen LogP contribution < -0.4 is 4.74 Å². The second kappa shape index (κ2) is 11.6. The number of hydrogen-bond acceptors (Lipinski definition) is 4. The lowest BCUT2D eigenvalue weighted by Crippen LogP contribution is -2.50. The minimum atomic E-state index is -0.636. The molecule has 1 aliphatic heterocycles. The number of rotatable bonds is 7. The maximum Gasteiger partial charge on any atom is 0.410 e. The van der Waals surface area contributed by atoms with Crippen molar-refractivity contribution in [1.82, 2.24) is 9.80 Å². The van der Waals surface area contributed by atoms with Gasteiger partial charge in [-0.15, -0.1) is 0 Å². The van der Waals surface area contributed by atoms with Gasteiger partial charge in [0.2, 0.25) is 0 Å². The topological polar surface area (TPSA) is 59.1 Å². The number of benzene rings is 2. The molecule has 1 heterocycles. The summed E-state index contributed by atoms with van der Waals surface area (Å²) in [6.07, 6.45) is 2.58. The van der Waals surface area contributed by atoms with E-state index >= 15 is 0 Å². The fourth-order valence-corrected chi connectivity index (χ4v) is 5.35. The summed E-state index contributed by atoms with van der Waals surface area (Å²) in [6.45, 7) is 8.37. The average Bonchev–Trinajstić information content (AvgIpc) is 3.72. The van der Waals surface area contributed by atoms with Gasteiger partial charge in [0, 0.05) is 24.7 Å². The van der Waals surface area contributed by atoms with Crippen LogP contribution in [0.3, 0.4) is 0 Å². The number of halogens is 2. The SMILES string of the molecule is CC[C@@H]1C(C(=O)N(Cc2cccc(Cl)c2Cl)C2CC2)=C(c2ccc(OC)cc2)CCN1C(=O)OC(C)(C)C. The molecule has 0 bridgehead atoms. The summed E-state index contributed by atoms with van der Waals surface area (Å²) in [6, 6.07) is 13.0. The summed E-state index contributed by atoms with van der Waals surface area (Å²) < 4.78 is 11.1. The van der Waals surface area contributed by atoms with E-state index in [1.165, 1.54) is 0 Å². The van der Waals surface area contributed by atoms with Crippen molar-refractivity contribution in [3.63, 3.8) is 0 Å². The van der Waals surface area contributed by atoms with E-state index in [1.54, 1.807) is 18.1 Å². The molecule has 1 aliphatic carbocycles. The van der Waals surface area contributed by atoms with Crippen LogP contribution in [0.25, 0.3) is 5.57 Å². The lowest BCUT2D eigenvalue weighted by molar-refractivity contribution is -0.129. The van der Waals surface area contributed by atoms with Crippen LogP contribution in [0.1, 0.15) is 64.5 Å². The van der Waals surface area contributed by atoms with Gasteiger partial charge in [0.15, 0.2) is 0 Å². The van der Waals surface area contributed by atoms with E-state index in [1.807, 2.05) is 69.0 Å². The Kier molecular flexibility index (Phi) is 8.63. The highest BCUT2D eigenvalue weighted by Crippen LogP contribution is 2.39. The Morgan fingerprint density at radius 2 is 1.76 bits per heavy atom. The first kappa shape index (κ1) is 28.3. The Morgan fingerprint density at radius 1 is 1.08 bits per heavy atom. The second-order valence-corrected chi connectivity index (χ2v) is 11.6. The van der Waals surface area contributed by atoms with Crippen molar-refractivity contribution < 1.29 is 19.1 Å². The Balaban J connectivity index is 1.78. The molecule has 2 aromatic rings. The zero-order valence-electron chi connectivity index (χ0n) is 22.7. The number of carbonyl (C=O) groups excluding carboxylic acids is 2. The predicted octanol–water partition coefficient (Wildman–Crippen LogP) is 7.37. The fraction of sp³-hybridized carbons (Fsp3) is 0.467. The lowest BCUT2D eigenvalue weighted by atomic mass is 9.86. The first-order valence-electron chi connectivity index (χ1n) is 13.1. The van der Waals surface area contributed by atoms with E-state index in [4.69, 9.17) is 32.7 Å². The van der Waals surface area contributed by atoms with E-state index in [2.05, 4.69) is 0 Å². The van der Waals surface area contributed by atoms with Crippen LogP contribution in [0.2, 0.25) is 10.0 Å². The van der Waals surface area contributed by atoms with Gasteiger partial charge in [0.1, 0.15) is 11.4 Å². The van der Waals surface area contributed by atoms with Crippen LogP contribution in [0, 0.1) is 0 Å². The molecule has 38 heavy (non-hydrogen) atoms. The molecule has 4 rings (SSSR count). The molecule has 2 amide bonds. The van der Waals surface area contributed by atoms with Crippen LogP contribution in [0.4, 0.5) is 4.79 Å². The molecule has 1 fully saturated rings. The van der Waals surface area contributed by atoms with Crippen LogP contribution >= 0.6 is 23.2 Å². The quantitative estimate of drug-likeness (QED) is 0.356. The lowest BCUT2D eigenvalue weighted by Gasteiger charge is -2.40. The number of methoxy groups -OCH3 is 1. The summed E-state index contributed by atoms with van der Waals surface area (Å²) in [5, 5.41) is 0.925. The van der Waals surface area contributed by atoms with Crippen molar-refractivity contribution in [3.8, 4) is 5.75 Å². The molecule has 0 unspecified atom stereocenters. The zero-order chi connectivity index (χ0) is 27.6. The van der Waals surface area contributed by atoms with Gasteiger partial charge < -0.3 is 19.3 Å². The Morgan fingerprint density at radius 3 is 2.34 bits per heavy atom. The number of nitrogens with zero attached hydrogens (tertiary/aromatic N) is 2. The molecular weight excluding hydrogens is 523 g/mol. The predicted molar refractivity (Wildman–Crippen MR) is 152 cm³/mol. The van der Waals surface area contributed by atoms with Gasteiger partial charge in [0.05, 0.1) is 23.2 Å². The fourth-order valence-electron chi connectivity index (χ4n) is 4.97. The van der Waals surface area contributed by atoms with Crippen LogP contribution in [0.15, 0.2) is 48.0 Å². The minimum absolute atomic E-state index is 0.0746. The zero-order valence-corrected chi connectivity index (χ0v) is 24.2. The van der Waals surface area contributed by atoms with Gasteiger partial charge >= 0.3 is 6.09 Å². The first-order chi connectivity index (χ1) is 18.0. The number of carbonyl (C=O) groups is 2. The molecule has 1 saturated carbocycles. The van der Waals surface area contributed by atoms with E-state index < -0.39 is 17.7 Å². The van der Waals surface area contributed by atoms with Crippen molar-refractivity contribution in [2.75, 3.05) is 13.7 Å². The third kappa shape index (κ3) is 6.29. The summed E-state index contributed by atoms with van der Waals surface area (Å²) in [5.74, 6) is 0.671. The van der Waals surface area contributed by atoms with Gasteiger partial charge in [-0.1, -0.05) is 54.4 Å². The number of ether oxygens (including phenoxy) is 2. The van der Waals surface area contributed by atoms with Gasteiger partial charge in [-0.05, 0) is 81.4 Å². The average molecular weight is 560 g/mol. The molecule has 0 N–H and O–H groups in total. The van der Waals surface area contributed by atoms with Crippen molar-refractivity contribution in [1.29, 1.82) is 0 Å². The number of hydrogen-bond donors (Lipinski definition) is 0. The standard InChI is InChI=1S/C30H36Cl2N2O4/c1-6-25-26(28(35)34(21-12-13-21)18-20-8-7-9-24(31)27(20)32)23(19-10-14-22(37-5)15-11-19)16-17-33(25)29(36)38-30(2,3)4/h7-11,14-15,21,25H,6,12-13,16-18H2,1-5H3/t25-/m1/s1. The molecule has 2 aromatic carbocycles. The first-order valence-corrected chi connectivity index (χ1v) is 13.9. The highest BCUT2D eigenvalue weighted by atomic mass is 35.5. The molecule has 0 saturated heterocycles. The van der Waals surface area contributed by atoms with E-state index in [9.17, 15) is 9.59 Å². The van der Waals surface area contributed by atoms with Crippen molar-refractivity contribution in [2.24, 2.45) is 0 Å². The third-order valence-corrected chi connectivity index (χ3v) is 7.80. The molecular formula is C30H36Cl2N2O4. The van der Waals surface area contributed by atoms with Crippen molar-refractivity contribution >= 4 is 40.8 Å². The summed E-state index contributed by atoms with van der Waals surface area (Å²) in [5.41, 5.74) is 2.71. The molecule has 204 valence electrons. The van der Waals surface area contributed by atoms with E-state index in [0.29, 0.717) is 41.5 Å². The molecule has 0 radical (unpaired) electrons. The van der Waals surface area contributed by atoms with E-state index in [0.717, 1.165) is 35.3 Å². The third-order valence-electron chi connectivity index (χ3n) is 6.94. The van der Waals surface area contributed by atoms with Gasteiger partial charge in [0.25, 0.3) is 5.91 Å². The monoisotopic (exact) mass is 558 g/mol. The van der Waals surface area contributed by atoms with Gasteiger partial charge in [-0.25, -0.2) is 4.79 Å². The molecule has 2 aliphatic rings. The molecule has 6 nitrogen and oxygen atoms in total. The van der Waals surface area contributed by atoms with Crippen LogP contribution in [-0.2, 0) is 16.1 Å². The van der Waals surface area contributed by atoms with Gasteiger partial charge in [-0.2, -0.15) is 0 Å². The van der Waals surface area contributed by atoms with Crippen molar-refractivity contribution in [3.05, 3.63) is 69.2 Å². The Bertz CT molecular complexity index is 1220. The Labute approximate surface area is 235 Å². The van der Waals surface area contributed by atoms with Crippen LogP contribution in [-0.4, -0.2) is 53.1 Å². The molecule has 8 heteroatoms. The number of amides is 2. The minimum Gasteiger partial charge on any atom is -0.497 e. The molecule has 1 atom stereocenters. The second-order valence-electron chi connectivity index (χ2n) is 10.8. The highest BCUT2D eigenvalue weighted by Gasteiger charge is 2.42. The van der Waals surface area contributed by atoms with Crippen LogP contribution in [0.5, 0.6) is 5.75 Å². The van der Waals surface area contributed by atoms with Gasteiger partial charge in [-0.3, -0.25) is 4.79 Å². The summed E-state index contributed by atoms with van der Waals surface area (Å²) in [4.78, 5) is 31.4. The van der Waals surface area contributed by atoms with E-state index in [-0.39, 0.29) is 11.9 Å². The maximum absolute atomic E-state index is 14.5. The highest BCUT2D eigenvalue weighted by molar-refractivity contribution is 6.42. The summed E-state index contributed by atoms with van der Waals surface area (Å²) >= 11 is 12.8.